The summed E-state index contributed by atoms with van der Waals surface area (Å²) in [5.74, 6) is 0.638. The van der Waals surface area contributed by atoms with E-state index in [0.29, 0.717) is 11.5 Å². The predicted molar refractivity (Wildman–Crippen MR) is 108 cm³/mol. The van der Waals surface area contributed by atoms with Crippen molar-refractivity contribution >= 4 is 11.8 Å². The highest BCUT2D eigenvalue weighted by atomic mass is 16.5. The molecule has 0 aliphatic heterocycles. The molecule has 0 radical (unpaired) electrons. The Labute approximate surface area is 166 Å². The number of ether oxygens (including phenoxy) is 2. The maximum absolute atomic E-state index is 12.8. The molecule has 0 saturated carbocycles. The molecule has 28 heavy (non-hydrogen) atoms. The number of nitrogens with one attached hydrogen (secondary N) is 2. The van der Waals surface area contributed by atoms with Crippen LogP contribution in [0.1, 0.15) is 32.4 Å². The second-order valence-electron chi connectivity index (χ2n) is 6.86. The van der Waals surface area contributed by atoms with Gasteiger partial charge in [-0.25, -0.2) is 0 Å². The largest absolute Gasteiger partial charge is 0.496 e. The predicted octanol–water partition coefficient (Wildman–Crippen LogP) is 3.09. The van der Waals surface area contributed by atoms with E-state index in [-0.39, 0.29) is 30.4 Å². The molecule has 0 aliphatic rings. The molecular weight excluding hydrogens is 356 g/mol. The van der Waals surface area contributed by atoms with E-state index in [1.165, 1.54) is 0 Å². The van der Waals surface area contributed by atoms with Gasteiger partial charge in [-0.05, 0) is 31.0 Å². The number of rotatable bonds is 9. The van der Waals surface area contributed by atoms with E-state index in [1.54, 1.807) is 19.2 Å². The Balaban J connectivity index is 1.96. The van der Waals surface area contributed by atoms with E-state index >= 15 is 0 Å². The minimum Gasteiger partial charge on any atom is -0.496 e. The maximum atomic E-state index is 12.8. The van der Waals surface area contributed by atoms with Crippen LogP contribution in [0.2, 0.25) is 0 Å². The van der Waals surface area contributed by atoms with Crippen LogP contribution in [-0.2, 0) is 9.59 Å². The quantitative estimate of drug-likeness (QED) is 0.697. The first-order chi connectivity index (χ1) is 13.4. The fourth-order valence-electron chi connectivity index (χ4n) is 2.82. The zero-order chi connectivity index (χ0) is 20.5. The molecule has 150 valence electrons. The topological polar surface area (TPSA) is 76.7 Å². The molecule has 6 nitrogen and oxygen atoms in total. The lowest BCUT2D eigenvalue weighted by Crippen LogP contribution is -2.51. The molecule has 2 N–H and O–H groups in total. The van der Waals surface area contributed by atoms with E-state index in [4.69, 9.17) is 9.47 Å². The van der Waals surface area contributed by atoms with Gasteiger partial charge < -0.3 is 20.1 Å². The molecule has 2 unspecified atom stereocenters. The van der Waals surface area contributed by atoms with Gasteiger partial charge in [0.15, 0.2) is 6.61 Å². The summed E-state index contributed by atoms with van der Waals surface area (Å²) >= 11 is 0. The first-order valence-electron chi connectivity index (χ1n) is 9.33. The van der Waals surface area contributed by atoms with Crippen LogP contribution in [-0.4, -0.2) is 31.6 Å². The van der Waals surface area contributed by atoms with Crippen molar-refractivity contribution in [3.05, 3.63) is 60.2 Å². The van der Waals surface area contributed by atoms with Gasteiger partial charge in [-0.2, -0.15) is 0 Å². The van der Waals surface area contributed by atoms with Crippen molar-refractivity contribution in [3.63, 3.8) is 0 Å². The van der Waals surface area contributed by atoms with Crippen LogP contribution in [0.5, 0.6) is 11.5 Å². The van der Waals surface area contributed by atoms with Crippen LogP contribution >= 0.6 is 0 Å². The van der Waals surface area contributed by atoms with Gasteiger partial charge in [0.05, 0.1) is 13.2 Å². The third-order valence-corrected chi connectivity index (χ3v) is 4.34. The average molecular weight is 384 g/mol. The summed E-state index contributed by atoms with van der Waals surface area (Å²) < 4.78 is 10.8. The summed E-state index contributed by atoms with van der Waals surface area (Å²) in [5, 5.41) is 5.72. The number of benzene rings is 2. The van der Waals surface area contributed by atoms with E-state index in [0.717, 1.165) is 5.56 Å². The smallest absolute Gasteiger partial charge is 0.258 e. The number of carbonyl (C=O) groups is 2. The summed E-state index contributed by atoms with van der Waals surface area (Å²) in [5.41, 5.74) is 0.875. The number of para-hydroxylation sites is 2. The van der Waals surface area contributed by atoms with Crippen LogP contribution in [0.3, 0.4) is 0 Å². The highest BCUT2D eigenvalue weighted by Crippen LogP contribution is 2.24. The fraction of sp³-hybridized carbons (Fsp3) is 0.364. The Morgan fingerprint density at radius 3 is 2.21 bits per heavy atom. The lowest BCUT2D eigenvalue weighted by atomic mass is 10.0. The SMILES string of the molecule is COc1ccccc1C(C)NC(=O)C(NC(=O)COc1ccccc1)C(C)C. The van der Waals surface area contributed by atoms with Crippen molar-refractivity contribution in [2.45, 2.75) is 32.9 Å². The van der Waals surface area contributed by atoms with Gasteiger partial charge in [0.25, 0.3) is 5.91 Å². The van der Waals surface area contributed by atoms with Gasteiger partial charge in [0, 0.05) is 5.56 Å². The number of carbonyl (C=O) groups excluding carboxylic acids is 2. The molecule has 0 aromatic heterocycles. The monoisotopic (exact) mass is 384 g/mol. The van der Waals surface area contributed by atoms with E-state index in [9.17, 15) is 9.59 Å². The lowest BCUT2D eigenvalue weighted by molar-refractivity contribution is -0.131. The van der Waals surface area contributed by atoms with Crippen molar-refractivity contribution in [1.82, 2.24) is 10.6 Å². The third-order valence-electron chi connectivity index (χ3n) is 4.34. The zero-order valence-electron chi connectivity index (χ0n) is 16.8. The molecule has 0 heterocycles. The Morgan fingerprint density at radius 1 is 0.929 bits per heavy atom. The molecule has 0 spiro atoms. The summed E-state index contributed by atoms with van der Waals surface area (Å²) in [6, 6.07) is 15.7. The number of amides is 2. The summed E-state index contributed by atoms with van der Waals surface area (Å²) in [6.45, 7) is 5.50. The Hall–Kier alpha value is -3.02. The zero-order valence-corrected chi connectivity index (χ0v) is 16.8. The van der Waals surface area contributed by atoms with E-state index in [2.05, 4.69) is 10.6 Å². The molecule has 2 amide bonds. The van der Waals surface area contributed by atoms with Gasteiger partial charge in [-0.15, -0.1) is 0 Å². The Bertz CT molecular complexity index is 777. The maximum Gasteiger partial charge on any atom is 0.258 e. The molecule has 2 rings (SSSR count). The Morgan fingerprint density at radius 2 is 1.57 bits per heavy atom. The average Bonchev–Trinajstić information content (AvgIpc) is 2.70. The summed E-state index contributed by atoms with van der Waals surface area (Å²) in [7, 11) is 1.59. The van der Waals surface area contributed by atoms with Crippen LogP contribution < -0.4 is 20.1 Å². The normalized spacial score (nSPS) is 12.8. The van der Waals surface area contributed by atoms with Crippen LogP contribution in [0.15, 0.2) is 54.6 Å². The summed E-state index contributed by atoms with van der Waals surface area (Å²) in [4.78, 5) is 25.0. The fourth-order valence-corrected chi connectivity index (χ4v) is 2.82. The van der Waals surface area contributed by atoms with Crippen molar-refractivity contribution in [3.8, 4) is 11.5 Å². The Kier molecular flexibility index (Phi) is 7.87. The first kappa shape index (κ1) is 21.3. The standard InChI is InChI=1S/C22H28N2O4/c1-15(2)21(24-20(25)14-28-17-10-6-5-7-11-17)22(26)23-16(3)18-12-8-9-13-19(18)27-4/h5-13,15-16,21H,14H2,1-4H3,(H,23,26)(H,24,25). The second-order valence-corrected chi connectivity index (χ2v) is 6.86. The molecule has 0 bridgehead atoms. The van der Waals surface area contributed by atoms with Gasteiger partial charge >= 0.3 is 0 Å². The van der Waals surface area contributed by atoms with Crippen LogP contribution in [0.4, 0.5) is 0 Å². The van der Waals surface area contributed by atoms with Crippen LogP contribution in [0, 0.1) is 5.92 Å². The minimum atomic E-state index is -0.663. The molecule has 0 aliphatic carbocycles. The minimum absolute atomic E-state index is 0.0782. The van der Waals surface area contributed by atoms with E-state index in [1.807, 2.05) is 63.2 Å². The molecule has 0 fully saturated rings. The van der Waals surface area contributed by atoms with Crippen molar-refractivity contribution in [2.24, 2.45) is 5.92 Å². The highest BCUT2D eigenvalue weighted by Gasteiger charge is 2.26. The van der Waals surface area contributed by atoms with Gasteiger partial charge in [-0.1, -0.05) is 50.2 Å². The third kappa shape index (κ3) is 6.01. The van der Waals surface area contributed by atoms with Gasteiger partial charge in [-0.3, -0.25) is 9.59 Å². The lowest BCUT2D eigenvalue weighted by Gasteiger charge is -2.25. The number of hydrogen-bond acceptors (Lipinski definition) is 4. The molecule has 0 saturated heterocycles. The van der Waals surface area contributed by atoms with Crippen molar-refractivity contribution in [1.29, 1.82) is 0 Å². The van der Waals surface area contributed by atoms with E-state index < -0.39 is 6.04 Å². The molecule has 2 aromatic rings. The highest BCUT2D eigenvalue weighted by molar-refractivity contribution is 5.88. The molecule has 2 aromatic carbocycles. The first-order valence-corrected chi connectivity index (χ1v) is 9.33. The summed E-state index contributed by atoms with van der Waals surface area (Å²) in [6.07, 6.45) is 0. The van der Waals surface area contributed by atoms with Crippen LogP contribution in [0.25, 0.3) is 0 Å². The number of hydrogen-bond donors (Lipinski definition) is 2. The van der Waals surface area contributed by atoms with Crippen molar-refractivity contribution in [2.75, 3.05) is 13.7 Å². The second kappa shape index (κ2) is 10.3. The van der Waals surface area contributed by atoms with Crippen molar-refractivity contribution < 1.29 is 19.1 Å². The molecular formula is C22H28N2O4. The molecule has 2 atom stereocenters. The van der Waals surface area contributed by atoms with Gasteiger partial charge in [0.2, 0.25) is 5.91 Å². The number of methoxy groups -OCH3 is 1. The van der Waals surface area contributed by atoms with Gasteiger partial charge in [0.1, 0.15) is 17.5 Å². The molecule has 6 heteroatoms.